The van der Waals surface area contributed by atoms with Gasteiger partial charge in [-0.1, -0.05) is 34.8 Å². The van der Waals surface area contributed by atoms with Crippen molar-refractivity contribution in [2.45, 2.75) is 18.5 Å². The molecule has 26 heavy (non-hydrogen) atoms. The van der Waals surface area contributed by atoms with Crippen LogP contribution >= 0.6 is 34.8 Å². The van der Waals surface area contributed by atoms with Gasteiger partial charge >= 0.3 is 12.0 Å². The summed E-state index contributed by atoms with van der Waals surface area (Å²) < 4.78 is 0. The molecular weight excluding hydrogens is 401 g/mol. The highest BCUT2D eigenvalue weighted by molar-refractivity contribution is 6.35. The number of halogens is 3. The van der Waals surface area contributed by atoms with Crippen LogP contribution in [0.3, 0.4) is 0 Å². The highest BCUT2D eigenvalue weighted by Gasteiger charge is 2.33. The van der Waals surface area contributed by atoms with Crippen LogP contribution in [-0.2, 0) is 4.79 Å². The maximum atomic E-state index is 12.3. The van der Waals surface area contributed by atoms with Gasteiger partial charge in [-0.25, -0.2) is 9.59 Å². The number of carboxylic acid groups (broad SMARTS) is 1. The van der Waals surface area contributed by atoms with Crippen molar-refractivity contribution in [2.24, 2.45) is 0 Å². The van der Waals surface area contributed by atoms with Crippen molar-refractivity contribution in [3.05, 3.63) is 57.0 Å². The van der Waals surface area contributed by atoms with Gasteiger partial charge in [0.2, 0.25) is 0 Å². The number of benzene rings is 2. The zero-order valence-corrected chi connectivity index (χ0v) is 15.5. The number of aliphatic carboxylic acids is 1. The fraction of sp³-hybridized carbons (Fsp3) is 0.176. The zero-order chi connectivity index (χ0) is 18.8. The van der Waals surface area contributed by atoms with E-state index in [-0.39, 0.29) is 6.42 Å². The molecule has 0 radical (unpaired) electrons. The maximum absolute atomic E-state index is 12.3. The van der Waals surface area contributed by atoms with Gasteiger partial charge in [0.15, 0.2) is 0 Å². The van der Waals surface area contributed by atoms with Gasteiger partial charge < -0.3 is 21.1 Å². The molecule has 9 heteroatoms. The number of carbonyl (C=O) groups excluding carboxylic acids is 1. The summed E-state index contributed by atoms with van der Waals surface area (Å²) in [6.45, 7) is 0. The van der Waals surface area contributed by atoms with E-state index in [1.165, 1.54) is 0 Å². The van der Waals surface area contributed by atoms with Gasteiger partial charge in [-0.05, 0) is 36.4 Å². The second-order valence-electron chi connectivity index (χ2n) is 5.78. The summed E-state index contributed by atoms with van der Waals surface area (Å²) >= 11 is 18.1. The fourth-order valence-electron chi connectivity index (χ4n) is 2.81. The molecule has 136 valence electrons. The van der Waals surface area contributed by atoms with Crippen molar-refractivity contribution in [1.29, 1.82) is 0 Å². The second-order valence-corrected chi connectivity index (χ2v) is 7.06. The molecule has 3 rings (SSSR count). The van der Waals surface area contributed by atoms with E-state index in [2.05, 4.69) is 16.0 Å². The molecule has 1 aliphatic heterocycles. The summed E-state index contributed by atoms with van der Waals surface area (Å²) in [5, 5.41) is 18.9. The minimum Gasteiger partial charge on any atom is -0.480 e. The topological polar surface area (TPSA) is 90.5 Å². The first-order valence-corrected chi connectivity index (χ1v) is 8.78. The van der Waals surface area contributed by atoms with E-state index in [1.54, 1.807) is 36.4 Å². The third-order valence-electron chi connectivity index (χ3n) is 3.95. The molecule has 0 spiro atoms. The molecule has 0 bridgehead atoms. The molecule has 0 saturated carbocycles. The minimum absolute atomic E-state index is 0.137. The Balaban J connectivity index is 1.83. The molecule has 2 aromatic carbocycles. The molecule has 0 aromatic heterocycles. The van der Waals surface area contributed by atoms with Crippen LogP contribution in [0.5, 0.6) is 0 Å². The molecule has 4 N–H and O–H groups in total. The van der Waals surface area contributed by atoms with Gasteiger partial charge in [-0.2, -0.15) is 0 Å². The van der Waals surface area contributed by atoms with Crippen LogP contribution in [-0.4, -0.2) is 23.1 Å². The molecule has 0 aliphatic carbocycles. The average Bonchev–Trinajstić information content (AvgIpc) is 2.55. The Labute approximate surface area is 164 Å². The number of hydrogen-bond donors (Lipinski definition) is 4. The van der Waals surface area contributed by atoms with Crippen LogP contribution in [0.2, 0.25) is 15.1 Å². The van der Waals surface area contributed by atoms with Crippen LogP contribution < -0.4 is 16.0 Å². The molecule has 1 heterocycles. The lowest BCUT2D eigenvalue weighted by Crippen LogP contribution is -2.42. The molecule has 0 saturated heterocycles. The smallest absolute Gasteiger partial charge is 0.326 e. The third-order valence-corrected chi connectivity index (χ3v) is 4.73. The molecule has 0 fully saturated rings. The number of anilines is 2. The van der Waals surface area contributed by atoms with Gasteiger partial charge in [0, 0.05) is 38.4 Å². The quantitative estimate of drug-likeness (QED) is 0.582. The first kappa shape index (κ1) is 18.6. The van der Waals surface area contributed by atoms with E-state index in [0.29, 0.717) is 32.0 Å². The Morgan fingerprint density at radius 3 is 2.42 bits per heavy atom. The van der Waals surface area contributed by atoms with Crippen LogP contribution in [0.4, 0.5) is 16.2 Å². The molecule has 2 atom stereocenters. The Hall–Kier alpha value is -2.15. The minimum atomic E-state index is -1.03. The maximum Gasteiger partial charge on any atom is 0.326 e. The number of carbonyl (C=O) groups is 2. The standard InChI is InChI=1S/C17H14Cl3N3O3/c18-8-1-3-10(4-2-8)21-17(26)23-13-7-14(16(24)25)22-12-6-9(19)5-11(20)15(12)13/h1-6,13-14,22H,7H2,(H,24,25)(H2,21,23,26). The monoisotopic (exact) mass is 413 g/mol. The summed E-state index contributed by atoms with van der Waals surface area (Å²) in [6.07, 6.45) is 0.137. The van der Waals surface area contributed by atoms with Gasteiger partial charge in [0.1, 0.15) is 6.04 Å². The van der Waals surface area contributed by atoms with Gasteiger partial charge in [-0.3, -0.25) is 0 Å². The van der Waals surface area contributed by atoms with E-state index < -0.39 is 24.1 Å². The van der Waals surface area contributed by atoms with Crippen molar-refractivity contribution in [3.63, 3.8) is 0 Å². The van der Waals surface area contributed by atoms with E-state index >= 15 is 0 Å². The van der Waals surface area contributed by atoms with Gasteiger partial charge in [0.25, 0.3) is 0 Å². The number of hydrogen-bond acceptors (Lipinski definition) is 3. The summed E-state index contributed by atoms with van der Waals surface area (Å²) in [7, 11) is 0. The number of nitrogens with one attached hydrogen (secondary N) is 3. The van der Waals surface area contributed by atoms with Crippen LogP contribution in [0.25, 0.3) is 0 Å². The number of urea groups is 1. The van der Waals surface area contributed by atoms with Crippen LogP contribution in [0.1, 0.15) is 18.0 Å². The number of fused-ring (bicyclic) bond motifs is 1. The van der Waals surface area contributed by atoms with Gasteiger partial charge in [-0.15, -0.1) is 0 Å². The van der Waals surface area contributed by atoms with E-state index in [4.69, 9.17) is 34.8 Å². The number of carboxylic acids is 1. The SMILES string of the molecule is O=C(Nc1ccc(Cl)cc1)NC1CC(C(=O)O)Nc2cc(Cl)cc(Cl)c21. The first-order valence-electron chi connectivity index (χ1n) is 7.65. The molecule has 2 aromatic rings. The second kappa shape index (κ2) is 7.61. The first-order chi connectivity index (χ1) is 12.3. The molecule has 2 amide bonds. The normalized spacial score (nSPS) is 18.4. The lowest BCUT2D eigenvalue weighted by Gasteiger charge is -2.32. The zero-order valence-electron chi connectivity index (χ0n) is 13.2. The average molecular weight is 415 g/mol. The lowest BCUT2D eigenvalue weighted by atomic mass is 9.93. The van der Waals surface area contributed by atoms with Crippen molar-refractivity contribution >= 4 is 58.2 Å². The summed E-state index contributed by atoms with van der Waals surface area (Å²) in [5.41, 5.74) is 1.64. The highest BCUT2D eigenvalue weighted by Crippen LogP contribution is 2.39. The lowest BCUT2D eigenvalue weighted by molar-refractivity contribution is -0.138. The van der Waals surface area contributed by atoms with E-state index in [0.717, 1.165) is 0 Å². The van der Waals surface area contributed by atoms with Crippen molar-refractivity contribution in [3.8, 4) is 0 Å². The highest BCUT2D eigenvalue weighted by atomic mass is 35.5. The summed E-state index contributed by atoms with van der Waals surface area (Å²) in [4.78, 5) is 23.8. The number of rotatable bonds is 3. The molecular formula is C17H14Cl3N3O3. The molecule has 2 unspecified atom stereocenters. The van der Waals surface area contributed by atoms with Gasteiger partial charge in [0.05, 0.1) is 6.04 Å². The largest absolute Gasteiger partial charge is 0.480 e. The van der Waals surface area contributed by atoms with E-state index in [1.807, 2.05) is 0 Å². The predicted molar refractivity (Wildman–Crippen MR) is 102 cm³/mol. The molecule has 6 nitrogen and oxygen atoms in total. The Bertz CT molecular complexity index is 858. The molecule has 1 aliphatic rings. The summed E-state index contributed by atoms with van der Waals surface area (Å²) in [6, 6.07) is 7.80. The summed E-state index contributed by atoms with van der Waals surface area (Å²) in [5.74, 6) is -1.03. The predicted octanol–water partition coefficient (Wildman–Crippen LogP) is 4.78. The fourth-order valence-corrected chi connectivity index (χ4v) is 3.56. The van der Waals surface area contributed by atoms with Crippen LogP contribution in [0.15, 0.2) is 36.4 Å². The van der Waals surface area contributed by atoms with Crippen molar-refractivity contribution < 1.29 is 14.7 Å². The van der Waals surface area contributed by atoms with E-state index in [9.17, 15) is 14.7 Å². The number of amides is 2. The Morgan fingerprint density at radius 1 is 1.08 bits per heavy atom. The van der Waals surface area contributed by atoms with Crippen molar-refractivity contribution in [2.75, 3.05) is 10.6 Å². The Kier molecular flexibility index (Phi) is 5.46. The third kappa shape index (κ3) is 4.15. The van der Waals surface area contributed by atoms with Crippen LogP contribution in [0, 0.1) is 0 Å². The van der Waals surface area contributed by atoms with Crippen molar-refractivity contribution in [1.82, 2.24) is 5.32 Å². The Morgan fingerprint density at radius 2 is 1.77 bits per heavy atom.